The topological polar surface area (TPSA) is 37.3 Å². The molecule has 3 heteroatoms. The summed E-state index contributed by atoms with van der Waals surface area (Å²) < 4.78 is 0. The van der Waals surface area contributed by atoms with Crippen LogP contribution in [-0.4, -0.2) is 28.4 Å². The Labute approximate surface area is 82.4 Å². The van der Waals surface area contributed by atoms with Gasteiger partial charge >= 0.3 is 5.97 Å². The fraction of sp³-hybridized carbons (Fsp3) is 0.222. The second-order valence-corrected chi connectivity index (χ2v) is 2.62. The van der Waals surface area contributed by atoms with Gasteiger partial charge in [-0.05, 0) is 25.5 Å². The van der Waals surface area contributed by atoms with E-state index in [0.29, 0.717) is 5.56 Å². The molecular formula is C9H13AlO2. The summed E-state index contributed by atoms with van der Waals surface area (Å²) >= 11 is 0. The standard InChI is InChI=1S/C9H10O2.Al.3H/c1-6-3-4-8(9(10)11)7(2)5-6;;;;/h3-5H,1-2H3,(H,10,11);;;;. The molecule has 0 bridgehead atoms. The van der Waals surface area contributed by atoms with Crippen molar-refractivity contribution < 1.29 is 9.90 Å². The van der Waals surface area contributed by atoms with E-state index >= 15 is 0 Å². The van der Waals surface area contributed by atoms with Crippen molar-refractivity contribution in [3.8, 4) is 0 Å². The van der Waals surface area contributed by atoms with Gasteiger partial charge in [-0.3, -0.25) is 0 Å². The second-order valence-electron chi connectivity index (χ2n) is 2.62. The Morgan fingerprint density at radius 3 is 2.33 bits per heavy atom. The minimum Gasteiger partial charge on any atom is -0.478 e. The highest BCUT2D eigenvalue weighted by Crippen LogP contribution is 2.09. The van der Waals surface area contributed by atoms with Crippen LogP contribution in [0.5, 0.6) is 0 Å². The molecule has 0 fully saturated rings. The van der Waals surface area contributed by atoms with Gasteiger partial charge in [0.25, 0.3) is 0 Å². The Morgan fingerprint density at radius 2 is 1.92 bits per heavy atom. The molecule has 0 amide bonds. The van der Waals surface area contributed by atoms with E-state index in [4.69, 9.17) is 5.11 Å². The zero-order chi connectivity index (χ0) is 8.43. The van der Waals surface area contributed by atoms with E-state index in [9.17, 15) is 4.79 Å². The molecule has 64 valence electrons. The third-order valence-electron chi connectivity index (χ3n) is 1.61. The zero-order valence-electron chi connectivity index (χ0n) is 6.59. The normalized spacial score (nSPS) is 8.83. The van der Waals surface area contributed by atoms with Gasteiger partial charge in [-0.1, -0.05) is 17.7 Å². The highest BCUT2D eigenvalue weighted by molar-refractivity contribution is 5.89. The number of benzene rings is 1. The molecule has 0 aliphatic heterocycles. The molecule has 0 saturated carbocycles. The van der Waals surface area contributed by atoms with E-state index < -0.39 is 5.97 Å². The first-order valence-corrected chi connectivity index (χ1v) is 3.42. The number of carbonyl (C=O) groups is 1. The average Bonchev–Trinajstić information content (AvgIpc) is 1.85. The summed E-state index contributed by atoms with van der Waals surface area (Å²) in [6.07, 6.45) is 0. The van der Waals surface area contributed by atoms with Gasteiger partial charge in [0.1, 0.15) is 0 Å². The van der Waals surface area contributed by atoms with Gasteiger partial charge in [0, 0.05) is 0 Å². The van der Waals surface area contributed by atoms with E-state index in [2.05, 4.69) is 0 Å². The zero-order valence-corrected chi connectivity index (χ0v) is 6.59. The van der Waals surface area contributed by atoms with Crippen molar-refractivity contribution in [2.24, 2.45) is 0 Å². The van der Waals surface area contributed by atoms with E-state index in [0.717, 1.165) is 11.1 Å². The van der Waals surface area contributed by atoms with Gasteiger partial charge in [0.05, 0.1) is 5.56 Å². The van der Waals surface area contributed by atoms with Crippen LogP contribution >= 0.6 is 0 Å². The summed E-state index contributed by atoms with van der Waals surface area (Å²) in [7, 11) is 0. The second kappa shape index (κ2) is 4.30. The average molecular weight is 180 g/mol. The molecule has 0 aliphatic rings. The third kappa shape index (κ3) is 2.37. The van der Waals surface area contributed by atoms with Crippen LogP contribution < -0.4 is 0 Å². The van der Waals surface area contributed by atoms with Crippen molar-refractivity contribution in [3.05, 3.63) is 34.9 Å². The Hall–Kier alpha value is -0.778. The Bertz CT molecular complexity index is 295. The predicted molar refractivity (Wildman–Crippen MR) is 52.8 cm³/mol. The molecule has 2 nitrogen and oxygen atoms in total. The van der Waals surface area contributed by atoms with Crippen LogP contribution in [0.4, 0.5) is 0 Å². The lowest BCUT2D eigenvalue weighted by Crippen LogP contribution is -1.99. The van der Waals surface area contributed by atoms with E-state index in [1.807, 2.05) is 13.0 Å². The molecule has 0 heterocycles. The highest BCUT2D eigenvalue weighted by atomic mass is 27.0. The molecule has 1 rings (SSSR count). The molecule has 12 heavy (non-hydrogen) atoms. The number of rotatable bonds is 1. The molecule has 0 saturated heterocycles. The van der Waals surface area contributed by atoms with Crippen LogP contribution in [0.25, 0.3) is 0 Å². The number of aryl methyl sites for hydroxylation is 2. The maximum absolute atomic E-state index is 10.5. The van der Waals surface area contributed by atoms with E-state index in [-0.39, 0.29) is 17.4 Å². The number of hydrogen-bond acceptors (Lipinski definition) is 1. The smallest absolute Gasteiger partial charge is 0.335 e. The fourth-order valence-electron chi connectivity index (χ4n) is 1.05. The van der Waals surface area contributed by atoms with Crippen LogP contribution in [0.2, 0.25) is 0 Å². The van der Waals surface area contributed by atoms with Crippen molar-refractivity contribution in [3.63, 3.8) is 0 Å². The van der Waals surface area contributed by atoms with Crippen molar-refractivity contribution >= 4 is 23.3 Å². The molecule has 0 radical (unpaired) electrons. The fourth-order valence-corrected chi connectivity index (χ4v) is 1.05. The maximum atomic E-state index is 10.5. The Balaban J connectivity index is 0.00000121. The molecule has 0 spiro atoms. The molecular weight excluding hydrogens is 167 g/mol. The summed E-state index contributed by atoms with van der Waals surface area (Å²) in [6.45, 7) is 3.75. The van der Waals surface area contributed by atoms with Gasteiger partial charge in [-0.25, -0.2) is 4.79 Å². The third-order valence-corrected chi connectivity index (χ3v) is 1.61. The predicted octanol–water partition coefficient (Wildman–Crippen LogP) is 0.818. The molecule has 1 aromatic rings. The summed E-state index contributed by atoms with van der Waals surface area (Å²) in [6, 6.07) is 5.30. The number of hydrogen-bond donors (Lipinski definition) is 1. The summed E-state index contributed by atoms with van der Waals surface area (Å²) in [4.78, 5) is 10.5. The lowest BCUT2D eigenvalue weighted by atomic mass is 10.1. The monoisotopic (exact) mass is 180 g/mol. The molecule has 0 aromatic heterocycles. The maximum Gasteiger partial charge on any atom is 0.335 e. The van der Waals surface area contributed by atoms with Crippen LogP contribution in [0.15, 0.2) is 18.2 Å². The summed E-state index contributed by atoms with van der Waals surface area (Å²) in [5.74, 6) is -0.859. The molecule has 0 aliphatic carbocycles. The highest BCUT2D eigenvalue weighted by Gasteiger charge is 2.04. The molecule has 0 unspecified atom stereocenters. The minimum atomic E-state index is -0.859. The van der Waals surface area contributed by atoms with Crippen LogP contribution in [0.3, 0.4) is 0 Å². The quantitative estimate of drug-likeness (QED) is 0.649. The van der Waals surface area contributed by atoms with E-state index in [1.165, 1.54) is 0 Å². The van der Waals surface area contributed by atoms with Gasteiger partial charge in [0.15, 0.2) is 17.4 Å². The van der Waals surface area contributed by atoms with Gasteiger partial charge in [-0.15, -0.1) is 0 Å². The van der Waals surface area contributed by atoms with Crippen molar-refractivity contribution in [2.75, 3.05) is 0 Å². The van der Waals surface area contributed by atoms with Gasteiger partial charge < -0.3 is 5.11 Å². The Kier molecular flexibility index (Phi) is 4.02. The molecule has 1 N–H and O–H groups in total. The van der Waals surface area contributed by atoms with Gasteiger partial charge in [-0.2, -0.15) is 0 Å². The van der Waals surface area contributed by atoms with Crippen molar-refractivity contribution in [1.29, 1.82) is 0 Å². The first-order valence-electron chi connectivity index (χ1n) is 3.42. The first kappa shape index (κ1) is 11.2. The van der Waals surface area contributed by atoms with Crippen LogP contribution in [0.1, 0.15) is 21.5 Å². The van der Waals surface area contributed by atoms with Crippen molar-refractivity contribution in [1.82, 2.24) is 0 Å². The lowest BCUT2D eigenvalue weighted by Gasteiger charge is -2.00. The number of carboxylic acid groups (broad SMARTS) is 1. The SMILES string of the molecule is Cc1ccc(C(=O)O)c(C)c1.[AlH3]. The van der Waals surface area contributed by atoms with Gasteiger partial charge in [0.2, 0.25) is 0 Å². The number of carboxylic acids is 1. The minimum absolute atomic E-state index is 0. The van der Waals surface area contributed by atoms with Crippen LogP contribution in [-0.2, 0) is 0 Å². The lowest BCUT2D eigenvalue weighted by molar-refractivity contribution is 0.0696. The number of aromatic carboxylic acids is 1. The summed E-state index contributed by atoms with van der Waals surface area (Å²) in [5, 5.41) is 8.66. The van der Waals surface area contributed by atoms with Crippen LogP contribution in [0, 0.1) is 13.8 Å². The van der Waals surface area contributed by atoms with E-state index in [1.54, 1.807) is 19.1 Å². The Morgan fingerprint density at radius 1 is 1.33 bits per heavy atom. The first-order chi connectivity index (χ1) is 5.11. The largest absolute Gasteiger partial charge is 0.478 e. The molecule has 1 aromatic carbocycles. The molecule has 0 atom stereocenters. The summed E-state index contributed by atoms with van der Waals surface area (Å²) in [5.41, 5.74) is 2.29. The van der Waals surface area contributed by atoms with Crippen molar-refractivity contribution in [2.45, 2.75) is 13.8 Å².